The van der Waals surface area contributed by atoms with Crippen molar-refractivity contribution in [1.82, 2.24) is 10.1 Å². The molecule has 4 heteroatoms. The summed E-state index contributed by atoms with van der Waals surface area (Å²) in [6.45, 7) is 8.58. The maximum Gasteiger partial charge on any atom is 0.228 e. The molecule has 2 heterocycles. The molecule has 1 aliphatic rings. The fourth-order valence-corrected chi connectivity index (χ4v) is 2.28. The van der Waals surface area contributed by atoms with Crippen LogP contribution in [0.25, 0.3) is 0 Å². The number of carbonyl (C=O) groups is 1. The van der Waals surface area contributed by atoms with Crippen molar-refractivity contribution in [2.24, 2.45) is 5.41 Å². The molecule has 0 aromatic carbocycles. The van der Waals surface area contributed by atoms with Gasteiger partial charge in [0.15, 0.2) is 5.76 Å². The molecule has 1 atom stereocenters. The van der Waals surface area contributed by atoms with Crippen LogP contribution in [0, 0.1) is 12.3 Å². The first kappa shape index (κ1) is 12.1. The van der Waals surface area contributed by atoms with E-state index in [0.717, 1.165) is 30.8 Å². The second-order valence-corrected chi connectivity index (χ2v) is 5.78. The van der Waals surface area contributed by atoms with Crippen molar-refractivity contribution in [2.45, 2.75) is 46.6 Å². The van der Waals surface area contributed by atoms with Crippen molar-refractivity contribution in [2.75, 3.05) is 6.54 Å². The molecule has 0 bridgehead atoms. The first-order valence-corrected chi connectivity index (χ1v) is 6.14. The van der Waals surface area contributed by atoms with Crippen LogP contribution in [0.1, 0.15) is 51.1 Å². The Hall–Kier alpha value is -1.32. The van der Waals surface area contributed by atoms with Crippen LogP contribution in [-0.4, -0.2) is 22.5 Å². The summed E-state index contributed by atoms with van der Waals surface area (Å²) in [6, 6.07) is 2.00. The Morgan fingerprint density at radius 3 is 2.76 bits per heavy atom. The third kappa shape index (κ3) is 2.35. The molecule has 0 unspecified atom stereocenters. The van der Waals surface area contributed by atoms with E-state index in [1.54, 1.807) is 0 Å². The SMILES string of the molecule is Cc1cc([C@@H]2CCCN2C(=O)C(C)(C)C)on1. The molecule has 0 spiro atoms. The highest BCUT2D eigenvalue weighted by Gasteiger charge is 2.37. The summed E-state index contributed by atoms with van der Waals surface area (Å²) in [5.74, 6) is 1.01. The van der Waals surface area contributed by atoms with Gasteiger partial charge in [0.25, 0.3) is 0 Å². The summed E-state index contributed by atoms with van der Waals surface area (Å²) in [5, 5.41) is 3.90. The Kier molecular flexibility index (Phi) is 2.98. The molecule has 0 N–H and O–H groups in total. The van der Waals surface area contributed by atoms with Crippen molar-refractivity contribution in [3.63, 3.8) is 0 Å². The van der Waals surface area contributed by atoms with E-state index in [4.69, 9.17) is 4.52 Å². The maximum absolute atomic E-state index is 12.3. The topological polar surface area (TPSA) is 46.3 Å². The molecule has 4 nitrogen and oxygen atoms in total. The maximum atomic E-state index is 12.3. The molecular formula is C13H20N2O2. The fraction of sp³-hybridized carbons (Fsp3) is 0.692. The molecule has 17 heavy (non-hydrogen) atoms. The van der Waals surface area contributed by atoms with E-state index in [1.165, 1.54) is 0 Å². The summed E-state index contributed by atoms with van der Waals surface area (Å²) in [4.78, 5) is 14.3. The smallest absolute Gasteiger partial charge is 0.228 e. The minimum absolute atomic E-state index is 0.0722. The Labute approximate surface area is 102 Å². The standard InChI is InChI=1S/C13H20N2O2/c1-9-8-11(17-14-9)10-6-5-7-15(10)12(16)13(2,3)4/h8,10H,5-7H2,1-4H3/t10-/m0/s1. The van der Waals surface area contributed by atoms with E-state index in [1.807, 2.05) is 38.7 Å². The zero-order valence-electron chi connectivity index (χ0n) is 11.0. The van der Waals surface area contributed by atoms with Gasteiger partial charge >= 0.3 is 0 Å². The number of carbonyl (C=O) groups excluding carboxylic acids is 1. The zero-order valence-corrected chi connectivity index (χ0v) is 11.0. The molecule has 1 amide bonds. The van der Waals surface area contributed by atoms with Gasteiger partial charge in [-0.25, -0.2) is 0 Å². The molecule has 2 rings (SSSR count). The number of hydrogen-bond acceptors (Lipinski definition) is 3. The summed E-state index contributed by atoms with van der Waals surface area (Å²) in [7, 11) is 0. The molecule has 1 aromatic rings. The molecule has 1 aromatic heterocycles. The van der Waals surface area contributed by atoms with Crippen LogP contribution in [0.15, 0.2) is 10.6 Å². The average Bonchev–Trinajstić information content (AvgIpc) is 2.82. The summed E-state index contributed by atoms with van der Waals surface area (Å²) in [5.41, 5.74) is 0.535. The van der Waals surface area contributed by atoms with E-state index < -0.39 is 0 Å². The van der Waals surface area contributed by atoms with Crippen molar-refractivity contribution in [1.29, 1.82) is 0 Å². The van der Waals surface area contributed by atoms with E-state index >= 15 is 0 Å². The largest absolute Gasteiger partial charge is 0.359 e. The predicted molar refractivity (Wildman–Crippen MR) is 64.4 cm³/mol. The number of likely N-dealkylation sites (tertiary alicyclic amines) is 1. The second kappa shape index (κ2) is 4.17. The Morgan fingerprint density at radius 2 is 2.24 bits per heavy atom. The van der Waals surface area contributed by atoms with E-state index in [0.29, 0.717) is 0 Å². The zero-order chi connectivity index (χ0) is 12.6. The summed E-state index contributed by atoms with van der Waals surface area (Å²) >= 11 is 0. The van der Waals surface area contributed by atoms with Gasteiger partial charge in [-0.15, -0.1) is 0 Å². The minimum atomic E-state index is -0.336. The lowest BCUT2D eigenvalue weighted by Gasteiger charge is -2.29. The highest BCUT2D eigenvalue weighted by molar-refractivity contribution is 5.82. The molecule has 1 aliphatic heterocycles. The molecule has 1 saturated heterocycles. The van der Waals surface area contributed by atoms with Gasteiger partial charge in [0, 0.05) is 18.0 Å². The number of rotatable bonds is 1. The van der Waals surface area contributed by atoms with Gasteiger partial charge in [0.05, 0.1) is 11.7 Å². The van der Waals surface area contributed by atoms with Gasteiger partial charge in [-0.05, 0) is 19.8 Å². The number of aryl methyl sites for hydroxylation is 1. The molecule has 1 fully saturated rings. The molecule has 94 valence electrons. The van der Waals surface area contributed by atoms with Gasteiger partial charge in [-0.1, -0.05) is 25.9 Å². The number of aromatic nitrogens is 1. The Balaban J connectivity index is 2.21. The van der Waals surface area contributed by atoms with Crippen molar-refractivity contribution < 1.29 is 9.32 Å². The van der Waals surface area contributed by atoms with Crippen molar-refractivity contribution in [3.8, 4) is 0 Å². The van der Waals surface area contributed by atoms with Crippen LogP contribution in [0.3, 0.4) is 0 Å². The molecular weight excluding hydrogens is 216 g/mol. The van der Waals surface area contributed by atoms with Crippen LogP contribution in [-0.2, 0) is 4.79 Å². The first-order chi connectivity index (χ1) is 7.89. The molecule has 0 aliphatic carbocycles. The number of nitrogens with zero attached hydrogens (tertiary/aromatic N) is 2. The summed E-state index contributed by atoms with van der Waals surface area (Å²) in [6.07, 6.45) is 2.00. The quantitative estimate of drug-likeness (QED) is 0.753. The summed E-state index contributed by atoms with van der Waals surface area (Å²) < 4.78 is 5.30. The average molecular weight is 236 g/mol. The van der Waals surface area contributed by atoms with Crippen LogP contribution in [0.2, 0.25) is 0 Å². The third-order valence-corrected chi connectivity index (χ3v) is 3.13. The van der Waals surface area contributed by atoms with Crippen molar-refractivity contribution in [3.05, 3.63) is 17.5 Å². The number of hydrogen-bond donors (Lipinski definition) is 0. The minimum Gasteiger partial charge on any atom is -0.359 e. The monoisotopic (exact) mass is 236 g/mol. The van der Waals surface area contributed by atoms with Gasteiger partial charge in [-0.3, -0.25) is 4.79 Å². The fourth-order valence-electron chi connectivity index (χ4n) is 2.28. The first-order valence-electron chi connectivity index (χ1n) is 6.14. The van der Waals surface area contributed by atoms with Crippen LogP contribution < -0.4 is 0 Å². The van der Waals surface area contributed by atoms with E-state index in [-0.39, 0.29) is 17.4 Å². The second-order valence-electron chi connectivity index (χ2n) is 5.78. The van der Waals surface area contributed by atoms with Gasteiger partial charge in [-0.2, -0.15) is 0 Å². The van der Waals surface area contributed by atoms with Crippen LogP contribution in [0.5, 0.6) is 0 Å². The molecule has 0 saturated carbocycles. The number of amides is 1. The lowest BCUT2D eigenvalue weighted by Crippen LogP contribution is -2.38. The van der Waals surface area contributed by atoms with Crippen molar-refractivity contribution >= 4 is 5.91 Å². The third-order valence-electron chi connectivity index (χ3n) is 3.13. The van der Waals surface area contributed by atoms with Gasteiger partial charge in [0.1, 0.15) is 0 Å². The van der Waals surface area contributed by atoms with E-state index in [2.05, 4.69) is 5.16 Å². The van der Waals surface area contributed by atoms with Crippen LogP contribution in [0.4, 0.5) is 0 Å². The highest BCUT2D eigenvalue weighted by atomic mass is 16.5. The Bertz CT molecular complexity index is 417. The van der Waals surface area contributed by atoms with Gasteiger partial charge in [0.2, 0.25) is 5.91 Å². The van der Waals surface area contributed by atoms with E-state index in [9.17, 15) is 4.79 Å². The molecule has 0 radical (unpaired) electrons. The normalized spacial score (nSPS) is 20.9. The lowest BCUT2D eigenvalue weighted by atomic mass is 9.94. The predicted octanol–water partition coefficient (Wildman–Crippen LogP) is 2.69. The Morgan fingerprint density at radius 1 is 1.53 bits per heavy atom. The lowest BCUT2D eigenvalue weighted by molar-refractivity contribution is -0.140. The van der Waals surface area contributed by atoms with Crippen LogP contribution >= 0.6 is 0 Å². The van der Waals surface area contributed by atoms with Gasteiger partial charge < -0.3 is 9.42 Å². The highest BCUT2D eigenvalue weighted by Crippen LogP contribution is 2.35.